The Labute approximate surface area is 89.9 Å². The Hall–Kier alpha value is -0.0400. The maximum atomic E-state index is 2.65. The predicted octanol–water partition coefficient (Wildman–Crippen LogP) is 3.54. The highest BCUT2D eigenvalue weighted by atomic mass is 15.1. The van der Waals surface area contributed by atoms with E-state index in [1.54, 1.807) is 0 Å². The molecule has 1 saturated heterocycles. The summed E-state index contributed by atoms with van der Waals surface area (Å²) in [5, 5.41) is 0. The zero-order valence-corrected chi connectivity index (χ0v) is 10.4. The average molecular weight is 197 g/mol. The van der Waals surface area contributed by atoms with Gasteiger partial charge in [-0.3, -0.25) is 0 Å². The van der Waals surface area contributed by atoms with E-state index in [1.807, 2.05) is 0 Å². The van der Waals surface area contributed by atoms with Gasteiger partial charge >= 0.3 is 0 Å². The van der Waals surface area contributed by atoms with Crippen LogP contribution in [0.1, 0.15) is 53.4 Å². The highest BCUT2D eigenvalue weighted by Crippen LogP contribution is 2.24. The van der Waals surface area contributed by atoms with Crippen LogP contribution in [0.25, 0.3) is 0 Å². The van der Waals surface area contributed by atoms with Gasteiger partial charge in [-0.05, 0) is 51.6 Å². The van der Waals surface area contributed by atoms with Crippen LogP contribution in [0.3, 0.4) is 0 Å². The molecule has 14 heavy (non-hydrogen) atoms. The van der Waals surface area contributed by atoms with Crippen LogP contribution in [0.2, 0.25) is 0 Å². The molecule has 1 aliphatic heterocycles. The van der Waals surface area contributed by atoms with Crippen molar-refractivity contribution in [2.45, 2.75) is 59.4 Å². The van der Waals surface area contributed by atoms with Crippen LogP contribution in [0.4, 0.5) is 0 Å². The van der Waals surface area contributed by atoms with Crippen LogP contribution in [0, 0.1) is 11.8 Å². The molecule has 0 radical (unpaired) electrons. The molecule has 0 aromatic heterocycles. The summed E-state index contributed by atoms with van der Waals surface area (Å²) in [7, 11) is 0. The predicted molar refractivity (Wildman–Crippen MR) is 63.5 cm³/mol. The van der Waals surface area contributed by atoms with Crippen LogP contribution in [-0.2, 0) is 0 Å². The van der Waals surface area contributed by atoms with Crippen LogP contribution >= 0.6 is 0 Å². The molecule has 1 heteroatoms. The molecule has 0 aliphatic carbocycles. The lowest BCUT2D eigenvalue weighted by Gasteiger charge is -2.32. The smallest absolute Gasteiger partial charge is 0.00385 e. The van der Waals surface area contributed by atoms with Gasteiger partial charge in [-0.2, -0.15) is 0 Å². The summed E-state index contributed by atoms with van der Waals surface area (Å²) < 4.78 is 0. The summed E-state index contributed by atoms with van der Waals surface area (Å²) in [6.45, 7) is 12.1. The number of hydrogen-bond acceptors (Lipinski definition) is 1. The SMILES string of the molecule is CC(C)C1CCCCN(C(C)C)CC1. The highest BCUT2D eigenvalue weighted by Gasteiger charge is 2.18. The Morgan fingerprint density at radius 1 is 0.929 bits per heavy atom. The largest absolute Gasteiger partial charge is 0.301 e. The molecule has 0 bridgehead atoms. The third-order valence-electron chi connectivity index (χ3n) is 3.73. The highest BCUT2D eigenvalue weighted by molar-refractivity contribution is 4.72. The molecule has 0 aromatic carbocycles. The molecule has 1 rings (SSSR count). The van der Waals surface area contributed by atoms with E-state index in [2.05, 4.69) is 32.6 Å². The van der Waals surface area contributed by atoms with Crippen molar-refractivity contribution in [1.82, 2.24) is 4.90 Å². The summed E-state index contributed by atoms with van der Waals surface area (Å²) in [6, 6.07) is 0.737. The first kappa shape index (κ1) is 12.0. The van der Waals surface area contributed by atoms with Crippen molar-refractivity contribution in [3.05, 3.63) is 0 Å². The second kappa shape index (κ2) is 5.75. The summed E-state index contributed by atoms with van der Waals surface area (Å²) in [6.07, 6.45) is 5.72. The maximum Gasteiger partial charge on any atom is 0.00385 e. The van der Waals surface area contributed by atoms with Crippen LogP contribution in [0.15, 0.2) is 0 Å². The van der Waals surface area contributed by atoms with Gasteiger partial charge in [0.2, 0.25) is 0 Å². The van der Waals surface area contributed by atoms with E-state index in [9.17, 15) is 0 Å². The molecule has 84 valence electrons. The Morgan fingerprint density at radius 2 is 1.64 bits per heavy atom. The lowest BCUT2D eigenvalue weighted by Crippen LogP contribution is -2.35. The number of hydrogen-bond donors (Lipinski definition) is 0. The fourth-order valence-electron chi connectivity index (χ4n) is 2.49. The minimum Gasteiger partial charge on any atom is -0.301 e. The van der Waals surface area contributed by atoms with E-state index in [4.69, 9.17) is 0 Å². The standard InChI is InChI=1S/C13H27N/c1-11(2)13-7-5-6-9-14(10-8-13)12(3)4/h11-13H,5-10H2,1-4H3. The van der Waals surface area contributed by atoms with Gasteiger partial charge in [0.15, 0.2) is 0 Å². The molecular weight excluding hydrogens is 170 g/mol. The van der Waals surface area contributed by atoms with Crippen molar-refractivity contribution < 1.29 is 0 Å². The van der Waals surface area contributed by atoms with Gasteiger partial charge in [-0.1, -0.05) is 26.7 Å². The molecule has 0 saturated carbocycles. The van der Waals surface area contributed by atoms with Crippen LogP contribution < -0.4 is 0 Å². The molecule has 1 nitrogen and oxygen atoms in total. The monoisotopic (exact) mass is 197 g/mol. The first-order chi connectivity index (χ1) is 6.61. The minimum absolute atomic E-state index is 0.737. The van der Waals surface area contributed by atoms with Gasteiger partial charge in [0, 0.05) is 6.04 Å². The van der Waals surface area contributed by atoms with Gasteiger partial charge in [0.05, 0.1) is 0 Å². The zero-order chi connectivity index (χ0) is 10.6. The van der Waals surface area contributed by atoms with E-state index in [0.29, 0.717) is 0 Å². The molecular formula is C13H27N. The second-order valence-corrected chi connectivity index (χ2v) is 5.42. The van der Waals surface area contributed by atoms with Crippen molar-refractivity contribution in [3.8, 4) is 0 Å². The molecule has 0 aromatic rings. The third kappa shape index (κ3) is 3.61. The topological polar surface area (TPSA) is 3.24 Å². The maximum absolute atomic E-state index is 2.65. The summed E-state index contributed by atoms with van der Waals surface area (Å²) in [4.78, 5) is 2.65. The molecule has 1 atom stereocenters. The van der Waals surface area contributed by atoms with Crippen molar-refractivity contribution in [3.63, 3.8) is 0 Å². The Morgan fingerprint density at radius 3 is 2.21 bits per heavy atom. The van der Waals surface area contributed by atoms with E-state index < -0.39 is 0 Å². The van der Waals surface area contributed by atoms with E-state index in [1.165, 1.54) is 38.8 Å². The van der Waals surface area contributed by atoms with Crippen molar-refractivity contribution in [2.24, 2.45) is 11.8 Å². The van der Waals surface area contributed by atoms with Gasteiger partial charge in [0.25, 0.3) is 0 Å². The van der Waals surface area contributed by atoms with E-state index in [0.717, 1.165) is 17.9 Å². The number of likely N-dealkylation sites (tertiary alicyclic amines) is 1. The lowest BCUT2D eigenvalue weighted by molar-refractivity contribution is 0.166. The zero-order valence-electron chi connectivity index (χ0n) is 10.4. The van der Waals surface area contributed by atoms with Gasteiger partial charge in [-0.15, -0.1) is 0 Å². The third-order valence-corrected chi connectivity index (χ3v) is 3.73. The number of nitrogens with zero attached hydrogens (tertiary/aromatic N) is 1. The van der Waals surface area contributed by atoms with Gasteiger partial charge in [0.1, 0.15) is 0 Å². The van der Waals surface area contributed by atoms with Gasteiger partial charge < -0.3 is 4.90 Å². The molecule has 1 aliphatic rings. The summed E-state index contributed by atoms with van der Waals surface area (Å²) >= 11 is 0. The van der Waals surface area contributed by atoms with Crippen molar-refractivity contribution in [1.29, 1.82) is 0 Å². The Balaban J connectivity index is 2.42. The Bertz CT molecular complexity index is 133. The average Bonchev–Trinajstić information content (AvgIpc) is 2.01. The molecule has 1 fully saturated rings. The fourth-order valence-corrected chi connectivity index (χ4v) is 2.49. The number of rotatable bonds is 2. The quantitative estimate of drug-likeness (QED) is 0.654. The molecule has 0 spiro atoms. The van der Waals surface area contributed by atoms with Gasteiger partial charge in [-0.25, -0.2) is 0 Å². The second-order valence-electron chi connectivity index (χ2n) is 5.42. The first-order valence-electron chi connectivity index (χ1n) is 6.35. The molecule has 0 amide bonds. The minimum atomic E-state index is 0.737. The van der Waals surface area contributed by atoms with Crippen LogP contribution in [-0.4, -0.2) is 24.0 Å². The van der Waals surface area contributed by atoms with E-state index >= 15 is 0 Å². The molecule has 1 heterocycles. The fraction of sp³-hybridized carbons (Fsp3) is 1.00. The van der Waals surface area contributed by atoms with E-state index in [-0.39, 0.29) is 0 Å². The Kier molecular flexibility index (Phi) is 4.94. The molecule has 1 unspecified atom stereocenters. The lowest BCUT2D eigenvalue weighted by atomic mass is 9.86. The molecule has 0 N–H and O–H groups in total. The van der Waals surface area contributed by atoms with Crippen LogP contribution in [0.5, 0.6) is 0 Å². The summed E-state index contributed by atoms with van der Waals surface area (Å²) in [5.41, 5.74) is 0. The normalized spacial score (nSPS) is 26.6. The summed E-state index contributed by atoms with van der Waals surface area (Å²) in [5.74, 6) is 1.85. The van der Waals surface area contributed by atoms with Crippen molar-refractivity contribution >= 4 is 0 Å². The van der Waals surface area contributed by atoms with Crippen molar-refractivity contribution in [2.75, 3.05) is 13.1 Å². The first-order valence-corrected chi connectivity index (χ1v) is 6.35.